The lowest BCUT2D eigenvalue weighted by molar-refractivity contribution is 0.0525. The number of carbonyl (C=O) groups is 1. The van der Waals surface area contributed by atoms with Gasteiger partial charge in [-0.05, 0) is 41.7 Å². The zero-order valence-corrected chi connectivity index (χ0v) is 15.3. The number of ether oxygens (including phenoxy) is 1. The third-order valence-corrected chi connectivity index (χ3v) is 4.24. The van der Waals surface area contributed by atoms with Crippen LogP contribution in [0.3, 0.4) is 0 Å². The predicted octanol–water partition coefficient (Wildman–Crippen LogP) is 3.60. The average Bonchev–Trinajstić information content (AvgIpc) is 3.05. The van der Waals surface area contributed by atoms with Gasteiger partial charge in [0.05, 0.1) is 18.4 Å². The Morgan fingerprint density at radius 1 is 1.11 bits per heavy atom. The lowest BCUT2D eigenvalue weighted by Gasteiger charge is -2.04. The molecular weight excluding hydrogens is 338 g/mol. The van der Waals surface area contributed by atoms with Crippen molar-refractivity contribution in [3.05, 3.63) is 94.8 Å². The molecule has 0 spiro atoms. The Morgan fingerprint density at radius 3 is 2.63 bits per heavy atom. The molecule has 0 aliphatic heterocycles. The van der Waals surface area contributed by atoms with Crippen LogP contribution in [-0.4, -0.2) is 23.4 Å². The van der Waals surface area contributed by atoms with E-state index >= 15 is 0 Å². The van der Waals surface area contributed by atoms with Gasteiger partial charge in [0, 0.05) is 18.9 Å². The highest BCUT2D eigenvalue weighted by Gasteiger charge is 2.16. The fourth-order valence-corrected chi connectivity index (χ4v) is 3.06. The van der Waals surface area contributed by atoms with Crippen LogP contribution in [0.2, 0.25) is 0 Å². The first-order valence-electron chi connectivity index (χ1n) is 8.91. The van der Waals surface area contributed by atoms with Gasteiger partial charge in [0.2, 0.25) is 0 Å². The molecule has 0 aliphatic rings. The number of benzene rings is 2. The fraction of sp³-hybridized carbons (Fsp3) is 0.182. The van der Waals surface area contributed by atoms with Crippen molar-refractivity contribution in [2.45, 2.75) is 19.9 Å². The van der Waals surface area contributed by atoms with E-state index in [-0.39, 0.29) is 5.97 Å². The maximum atomic E-state index is 12.4. The van der Waals surface area contributed by atoms with E-state index in [1.807, 2.05) is 66.3 Å². The molecule has 1 aromatic heterocycles. The van der Waals surface area contributed by atoms with Gasteiger partial charge < -0.3 is 15.1 Å². The van der Waals surface area contributed by atoms with E-state index in [1.165, 1.54) is 0 Å². The summed E-state index contributed by atoms with van der Waals surface area (Å²) in [7, 11) is 0. The monoisotopic (exact) mass is 361 g/mol. The standard InChI is InChI=1S/C22H23N3O2/c1-2-27-22(26)21-16-25(14-19-10-6-9-18(11-19)13-24-23)15-20(21)12-17-7-4-3-5-8-17/h3-11,13,15-16H,2,12,14,23H2,1H3. The maximum Gasteiger partial charge on any atom is 0.339 e. The normalized spacial score (nSPS) is 11.0. The summed E-state index contributed by atoms with van der Waals surface area (Å²) in [6, 6.07) is 18.1. The van der Waals surface area contributed by atoms with E-state index in [1.54, 1.807) is 6.21 Å². The Bertz CT molecular complexity index is 930. The molecule has 3 aromatic rings. The molecule has 0 unspecified atom stereocenters. The van der Waals surface area contributed by atoms with Gasteiger partial charge in [0.1, 0.15) is 0 Å². The van der Waals surface area contributed by atoms with E-state index in [4.69, 9.17) is 10.6 Å². The van der Waals surface area contributed by atoms with Crippen LogP contribution in [0.5, 0.6) is 0 Å². The van der Waals surface area contributed by atoms with Gasteiger partial charge in [-0.3, -0.25) is 0 Å². The largest absolute Gasteiger partial charge is 0.462 e. The summed E-state index contributed by atoms with van der Waals surface area (Å²) in [6.07, 6.45) is 6.18. The van der Waals surface area contributed by atoms with Crippen LogP contribution in [0.1, 0.15) is 39.5 Å². The van der Waals surface area contributed by atoms with Crippen LogP contribution in [0.15, 0.2) is 72.1 Å². The van der Waals surface area contributed by atoms with Crippen LogP contribution in [0.4, 0.5) is 0 Å². The molecule has 2 aromatic carbocycles. The number of rotatable bonds is 7. The number of carbonyl (C=O) groups excluding carboxylic acids is 1. The zero-order valence-electron chi connectivity index (χ0n) is 15.3. The summed E-state index contributed by atoms with van der Waals surface area (Å²) in [5.41, 5.74) is 4.77. The van der Waals surface area contributed by atoms with Gasteiger partial charge in [0.15, 0.2) is 0 Å². The SMILES string of the molecule is CCOC(=O)c1cn(Cc2cccc(C=NN)c2)cc1Cc1ccccc1. The zero-order chi connectivity index (χ0) is 19.1. The van der Waals surface area contributed by atoms with Crippen molar-refractivity contribution in [2.24, 2.45) is 10.9 Å². The van der Waals surface area contributed by atoms with Crippen LogP contribution >= 0.6 is 0 Å². The van der Waals surface area contributed by atoms with Crippen LogP contribution in [0, 0.1) is 0 Å². The summed E-state index contributed by atoms with van der Waals surface area (Å²) >= 11 is 0. The van der Waals surface area contributed by atoms with E-state index in [9.17, 15) is 4.79 Å². The summed E-state index contributed by atoms with van der Waals surface area (Å²) in [4.78, 5) is 12.4. The molecule has 0 bridgehead atoms. The molecule has 138 valence electrons. The molecule has 5 nitrogen and oxygen atoms in total. The molecule has 0 saturated heterocycles. The second-order valence-electron chi connectivity index (χ2n) is 6.28. The summed E-state index contributed by atoms with van der Waals surface area (Å²) in [5.74, 6) is 4.95. The van der Waals surface area contributed by atoms with Crippen molar-refractivity contribution in [1.29, 1.82) is 0 Å². The Hall–Kier alpha value is -3.34. The number of hydrazone groups is 1. The van der Waals surface area contributed by atoms with Crippen molar-refractivity contribution in [3.63, 3.8) is 0 Å². The number of nitrogens with zero attached hydrogens (tertiary/aromatic N) is 2. The Labute approximate surface area is 159 Å². The Balaban J connectivity index is 1.88. The first kappa shape index (κ1) is 18.5. The van der Waals surface area contributed by atoms with Crippen molar-refractivity contribution in [1.82, 2.24) is 4.57 Å². The third kappa shape index (κ3) is 4.85. The average molecular weight is 361 g/mol. The van der Waals surface area contributed by atoms with Crippen molar-refractivity contribution >= 4 is 12.2 Å². The number of nitrogens with two attached hydrogens (primary N) is 1. The second kappa shape index (κ2) is 8.85. The van der Waals surface area contributed by atoms with Crippen molar-refractivity contribution in [2.75, 3.05) is 6.61 Å². The quantitative estimate of drug-likeness (QED) is 0.303. The minimum Gasteiger partial charge on any atom is -0.462 e. The van der Waals surface area contributed by atoms with Gasteiger partial charge in [-0.25, -0.2) is 4.79 Å². The van der Waals surface area contributed by atoms with Crippen molar-refractivity contribution in [3.8, 4) is 0 Å². The van der Waals surface area contributed by atoms with E-state index in [2.05, 4.69) is 17.2 Å². The van der Waals surface area contributed by atoms with Crippen LogP contribution < -0.4 is 5.84 Å². The van der Waals surface area contributed by atoms with E-state index < -0.39 is 0 Å². The van der Waals surface area contributed by atoms with E-state index in [0.717, 1.165) is 22.3 Å². The summed E-state index contributed by atoms with van der Waals surface area (Å²) in [5, 5.41) is 3.57. The predicted molar refractivity (Wildman–Crippen MR) is 107 cm³/mol. The van der Waals surface area contributed by atoms with Gasteiger partial charge in [-0.15, -0.1) is 0 Å². The lowest BCUT2D eigenvalue weighted by atomic mass is 10.0. The fourth-order valence-electron chi connectivity index (χ4n) is 3.06. The number of hydrogen-bond donors (Lipinski definition) is 1. The number of hydrogen-bond acceptors (Lipinski definition) is 4. The molecule has 3 rings (SSSR count). The molecule has 0 fully saturated rings. The van der Waals surface area contributed by atoms with Crippen LogP contribution in [0.25, 0.3) is 0 Å². The first-order chi connectivity index (χ1) is 13.2. The molecule has 0 saturated carbocycles. The Morgan fingerprint density at radius 2 is 1.89 bits per heavy atom. The molecule has 0 aliphatic carbocycles. The molecule has 0 amide bonds. The molecule has 27 heavy (non-hydrogen) atoms. The second-order valence-corrected chi connectivity index (χ2v) is 6.28. The highest BCUT2D eigenvalue weighted by Crippen LogP contribution is 2.18. The third-order valence-electron chi connectivity index (χ3n) is 4.24. The van der Waals surface area contributed by atoms with E-state index in [0.29, 0.717) is 25.1 Å². The summed E-state index contributed by atoms with van der Waals surface area (Å²) < 4.78 is 7.25. The highest BCUT2D eigenvalue weighted by atomic mass is 16.5. The summed E-state index contributed by atoms with van der Waals surface area (Å²) in [6.45, 7) is 2.82. The topological polar surface area (TPSA) is 69.6 Å². The molecule has 0 radical (unpaired) electrons. The van der Waals surface area contributed by atoms with Gasteiger partial charge in [-0.1, -0.05) is 48.5 Å². The van der Waals surface area contributed by atoms with Crippen molar-refractivity contribution < 1.29 is 9.53 Å². The number of aromatic nitrogens is 1. The minimum atomic E-state index is -0.286. The maximum absolute atomic E-state index is 12.4. The molecule has 0 atom stereocenters. The van der Waals surface area contributed by atoms with Gasteiger partial charge in [-0.2, -0.15) is 5.10 Å². The molecule has 5 heteroatoms. The first-order valence-corrected chi connectivity index (χ1v) is 8.91. The highest BCUT2D eigenvalue weighted by molar-refractivity contribution is 5.91. The Kier molecular flexibility index (Phi) is 6.05. The van der Waals surface area contributed by atoms with Crippen LogP contribution in [-0.2, 0) is 17.7 Å². The number of esters is 1. The van der Waals surface area contributed by atoms with Gasteiger partial charge in [0.25, 0.3) is 0 Å². The minimum absolute atomic E-state index is 0.286. The smallest absolute Gasteiger partial charge is 0.339 e. The molecule has 2 N–H and O–H groups in total. The van der Waals surface area contributed by atoms with Gasteiger partial charge >= 0.3 is 5.97 Å². The lowest BCUT2D eigenvalue weighted by Crippen LogP contribution is -2.06. The molecule has 1 heterocycles. The molecular formula is C22H23N3O2.